The van der Waals surface area contributed by atoms with Crippen LogP contribution in [0.2, 0.25) is 0 Å². The lowest BCUT2D eigenvalue weighted by Crippen LogP contribution is -2.17. The van der Waals surface area contributed by atoms with Crippen LogP contribution in [0.25, 0.3) is 0 Å². The van der Waals surface area contributed by atoms with Crippen LogP contribution >= 0.6 is 11.8 Å². The number of hydrogen-bond donors (Lipinski definition) is 3. The molecule has 0 amide bonds. The Morgan fingerprint density at radius 1 is 1.47 bits per heavy atom. The van der Waals surface area contributed by atoms with Crippen LogP contribution in [0.4, 0.5) is 11.4 Å². The minimum atomic E-state index is -3.77. The van der Waals surface area contributed by atoms with Crippen LogP contribution in [-0.2, 0) is 10.0 Å². The molecule has 7 heteroatoms. The Kier molecular flexibility index (Phi) is 4.67. The zero-order valence-corrected chi connectivity index (χ0v) is 11.4. The quantitative estimate of drug-likeness (QED) is 0.698. The van der Waals surface area contributed by atoms with E-state index in [4.69, 9.17) is 10.9 Å². The van der Waals surface area contributed by atoms with Crippen molar-refractivity contribution in [2.75, 3.05) is 23.9 Å². The van der Waals surface area contributed by atoms with Crippen LogP contribution in [0, 0.1) is 0 Å². The molecule has 0 aliphatic heterocycles. The molecule has 0 heterocycles. The standard InChI is InChI=1S/C10H17N3O2S2/c1-7(16-2)6-13-8-4-3-5-9(10(8)11)17(12,14)15/h3-5,7,13H,6,11H2,1-2H3,(H2,12,14,15). The molecule has 0 saturated heterocycles. The summed E-state index contributed by atoms with van der Waals surface area (Å²) in [7, 11) is -3.77. The first-order valence-corrected chi connectivity index (χ1v) is 7.87. The Labute approximate surface area is 106 Å². The van der Waals surface area contributed by atoms with E-state index in [1.807, 2.05) is 6.26 Å². The molecule has 0 aliphatic carbocycles. The SMILES string of the molecule is CSC(C)CNc1cccc(S(N)(=O)=O)c1N. The highest BCUT2D eigenvalue weighted by atomic mass is 32.2. The van der Waals surface area contributed by atoms with Gasteiger partial charge in [0.2, 0.25) is 10.0 Å². The predicted octanol–water partition coefficient (Wildman–Crippen LogP) is 1.08. The van der Waals surface area contributed by atoms with Crippen molar-refractivity contribution in [1.29, 1.82) is 0 Å². The molecular formula is C10H17N3O2S2. The predicted molar refractivity (Wildman–Crippen MR) is 73.7 cm³/mol. The van der Waals surface area contributed by atoms with Crippen LogP contribution in [0.5, 0.6) is 0 Å². The van der Waals surface area contributed by atoms with Crippen molar-refractivity contribution in [3.63, 3.8) is 0 Å². The molecule has 1 aromatic carbocycles. The second kappa shape index (κ2) is 5.61. The molecule has 1 atom stereocenters. The zero-order valence-electron chi connectivity index (χ0n) is 9.80. The number of nitrogens with two attached hydrogens (primary N) is 2. The van der Waals surface area contributed by atoms with E-state index in [2.05, 4.69) is 12.2 Å². The van der Waals surface area contributed by atoms with E-state index < -0.39 is 10.0 Å². The molecule has 0 spiro atoms. The maximum Gasteiger partial charge on any atom is 0.240 e. The minimum Gasteiger partial charge on any atom is -0.396 e. The van der Waals surface area contributed by atoms with E-state index in [0.29, 0.717) is 17.5 Å². The number of para-hydroxylation sites is 1. The van der Waals surface area contributed by atoms with Crippen molar-refractivity contribution in [1.82, 2.24) is 0 Å². The summed E-state index contributed by atoms with van der Waals surface area (Å²) in [4.78, 5) is -0.0423. The van der Waals surface area contributed by atoms with Gasteiger partial charge in [0.15, 0.2) is 0 Å². The Morgan fingerprint density at radius 3 is 2.65 bits per heavy atom. The van der Waals surface area contributed by atoms with Crippen molar-refractivity contribution in [2.24, 2.45) is 5.14 Å². The fourth-order valence-electron chi connectivity index (χ4n) is 1.28. The lowest BCUT2D eigenvalue weighted by atomic mass is 10.2. The average Bonchev–Trinajstić information content (AvgIpc) is 2.25. The van der Waals surface area contributed by atoms with Crippen LogP contribution in [0.15, 0.2) is 23.1 Å². The highest BCUT2D eigenvalue weighted by Crippen LogP contribution is 2.25. The van der Waals surface area contributed by atoms with Crippen LogP contribution in [0.3, 0.4) is 0 Å². The van der Waals surface area contributed by atoms with Gasteiger partial charge >= 0.3 is 0 Å². The molecule has 0 radical (unpaired) electrons. The molecule has 96 valence electrons. The second-order valence-corrected chi connectivity index (χ2v) is 6.50. The average molecular weight is 275 g/mol. The van der Waals surface area contributed by atoms with Gasteiger partial charge in [0, 0.05) is 11.8 Å². The van der Waals surface area contributed by atoms with E-state index in [9.17, 15) is 8.42 Å². The number of nitrogen functional groups attached to an aromatic ring is 1. The van der Waals surface area contributed by atoms with Gasteiger partial charge in [-0.15, -0.1) is 0 Å². The third kappa shape index (κ3) is 3.79. The Morgan fingerprint density at radius 2 is 2.12 bits per heavy atom. The zero-order chi connectivity index (χ0) is 13.1. The molecule has 0 aliphatic rings. The number of primary sulfonamides is 1. The Balaban J connectivity index is 2.96. The van der Waals surface area contributed by atoms with Gasteiger partial charge < -0.3 is 11.1 Å². The summed E-state index contributed by atoms with van der Waals surface area (Å²) in [6, 6.07) is 4.74. The molecular weight excluding hydrogens is 258 g/mol. The van der Waals surface area contributed by atoms with Gasteiger partial charge in [-0.05, 0) is 18.4 Å². The van der Waals surface area contributed by atoms with Gasteiger partial charge in [-0.1, -0.05) is 13.0 Å². The summed E-state index contributed by atoms with van der Waals surface area (Å²) in [5.41, 5.74) is 6.53. The molecule has 5 N–H and O–H groups in total. The molecule has 0 saturated carbocycles. The highest BCUT2D eigenvalue weighted by Gasteiger charge is 2.14. The number of nitrogens with one attached hydrogen (secondary N) is 1. The third-order valence-corrected chi connectivity index (χ3v) is 4.30. The summed E-state index contributed by atoms with van der Waals surface area (Å²) in [6.45, 7) is 2.77. The molecule has 1 rings (SSSR count). The number of rotatable bonds is 5. The van der Waals surface area contributed by atoms with Crippen molar-refractivity contribution in [3.8, 4) is 0 Å². The fourth-order valence-corrected chi connectivity index (χ4v) is 2.22. The Hall–Kier alpha value is -0.920. The second-order valence-electron chi connectivity index (χ2n) is 3.69. The first-order valence-electron chi connectivity index (χ1n) is 5.04. The van der Waals surface area contributed by atoms with Gasteiger partial charge in [-0.3, -0.25) is 0 Å². The van der Waals surface area contributed by atoms with Crippen molar-refractivity contribution >= 4 is 33.2 Å². The molecule has 5 nitrogen and oxygen atoms in total. The van der Waals surface area contributed by atoms with Gasteiger partial charge in [0.25, 0.3) is 0 Å². The van der Waals surface area contributed by atoms with Crippen molar-refractivity contribution in [3.05, 3.63) is 18.2 Å². The maximum atomic E-state index is 11.3. The molecule has 0 bridgehead atoms. The Bertz CT molecular complexity index is 488. The summed E-state index contributed by atoms with van der Waals surface area (Å²) >= 11 is 1.71. The van der Waals surface area contributed by atoms with Crippen LogP contribution in [0.1, 0.15) is 6.92 Å². The molecule has 0 fully saturated rings. The van der Waals surface area contributed by atoms with E-state index in [0.717, 1.165) is 0 Å². The molecule has 17 heavy (non-hydrogen) atoms. The van der Waals surface area contributed by atoms with E-state index in [1.54, 1.807) is 23.9 Å². The van der Waals surface area contributed by atoms with Crippen LogP contribution < -0.4 is 16.2 Å². The normalized spacial score (nSPS) is 13.4. The number of hydrogen-bond acceptors (Lipinski definition) is 5. The monoisotopic (exact) mass is 275 g/mol. The number of thioether (sulfide) groups is 1. The maximum absolute atomic E-state index is 11.3. The van der Waals surface area contributed by atoms with Gasteiger partial charge in [0.05, 0.1) is 11.4 Å². The smallest absolute Gasteiger partial charge is 0.240 e. The highest BCUT2D eigenvalue weighted by molar-refractivity contribution is 7.99. The summed E-state index contributed by atoms with van der Waals surface area (Å²) in [5.74, 6) is 0. The lowest BCUT2D eigenvalue weighted by Gasteiger charge is -2.14. The first kappa shape index (κ1) is 14.1. The number of anilines is 2. The topological polar surface area (TPSA) is 98.2 Å². The third-order valence-electron chi connectivity index (χ3n) is 2.35. The molecule has 0 aromatic heterocycles. The minimum absolute atomic E-state index is 0.0423. The summed E-state index contributed by atoms with van der Waals surface area (Å²) in [6.07, 6.45) is 2.01. The van der Waals surface area contributed by atoms with E-state index in [1.165, 1.54) is 6.07 Å². The largest absolute Gasteiger partial charge is 0.396 e. The molecule has 1 aromatic rings. The number of sulfonamides is 1. The fraction of sp³-hybridized carbons (Fsp3) is 0.400. The lowest BCUT2D eigenvalue weighted by molar-refractivity contribution is 0.598. The number of benzene rings is 1. The molecule has 1 unspecified atom stereocenters. The van der Waals surface area contributed by atoms with E-state index >= 15 is 0 Å². The van der Waals surface area contributed by atoms with Gasteiger partial charge in [-0.2, -0.15) is 11.8 Å². The van der Waals surface area contributed by atoms with E-state index in [-0.39, 0.29) is 10.6 Å². The van der Waals surface area contributed by atoms with Crippen molar-refractivity contribution in [2.45, 2.75) is 17.1 Å². The summed E-state index contributed by atoms with van der Waals surface area (Å²) in [5, 5.41) is 8.59. The van der Waals surface area contributed by atoms with Crippen LogP contribution in [-0.4, -0.2) is 26.5 Å². The summed E-state index contributed by atoms with van der Waals surface area (Å²) < 4.78 is 22.5. The van der Waals surface area contributed by atoms with Crippen molar-refractivity contribution < 1.29 is 8.42 Å². The first-order chi connectivity index (χ1) is 7.86. The van der Waals surface area contributed by atoms with Gasteiger partial charge in [-0.25, -0.2) is 13.6 Å². The van der Waals surface area contributed by atoms with Gasteiger partial charge in [0.1, 0.15) is 4.90 Å².